The molecule has 1 heterocycles. The van der Waals surface area contributed by atoms with E-state index >= 15 is 0 Å². The number of nitrogens with one attached hydrogen (secondary N) is 1. The molecule has 0 saturated carbocycles. The van der Waals surface area contributed by atoms with Crippen molar-refractivity contribution in [3.63, 3.8) is 0 Å². The van der Waals surface area contributed by atoms with Crippen LogP contribution in [0.4, 0.5) is 10.7 Å². The van der Waals surface area contributed by atoms with Crippen molar-refractivity contribution in [3.8, 4) is 0 Å². The molecule has 0 atom stereocenters. The highest BCUT2D eigenvalue weighted by Crippen LogP contribution is 2.39. The Bertz CT molecular complexity index is 1030. The smallest absolute Gasteiger partial charge is 0.341 e. The number of nitrogens with zero attached hydrogens (tertiary/aromatic N) is 1. The van der Waals surface area contributed by atoms with Crippen LogP contribution in [0.2, 0.25) is 0 Å². The molecule has 2 aromatic rings. The summed E-state index contributed by atoms with van der Waals surface area (Å²) < 4.78 is 31.7. The quantitative estimate of drug-likeness (QED) is 0.423. The summed E-state index contributed by atoms with van der Waals surface area (Å²) in [6.45, 7) is 1.59. The number of carbonyl (C=O) groups excluding carboxylic acids is 2. The highest BCUT2D eigenvalue weighted by atomic mass is 127. The number of amides is 1. The van der Waals surface area contributed by atoms with E-state index in [0.717, 1.165) is 43.8 Å². The molecule has 156 valence electrons. The number of thiophene rings is 1. The highest BCUT2D eigenvalue weighted by molar-refractivity contribution is 14.1. The van der Waals surface area contributed by atoms with Crippen LogP contribution < -0.4 is 9.62 Å². The molecule has 0 radical (unpaired) electrons. The molecular formula is C19H21IN2O5S2. The van der Waals surface area contributed by atoms with Crippen molar-refractivity contribution in [2.75, 3.05) is 29.0 Å². The number of aryl methyl sites for hydroxylation is 1. The van der Waals surface area contributed by atoms with Gasteiger partial charge in [-0.1, -0.05) is 0 Å². The Hall–Kier alpha value is -1.66. The minimum atomic E-state index is -3.67. The first kappa shape index (κ1) is 22.0. The molecule has 0 unspecified atom stereocenters. The zero-order valence-electron chi connectivity index (χ0n) is 16.0. The lowest BCUT2D eigenvalue weighted by molar-refractivity contribution is -0.114. The van der Waals surface area contributed by atoms with Crippen molar-refractivity contribution in [3.05, 3.63) is 43.8 Å². The number of hydrogen-bond acceptors (Lipinski definition) is 6. The van der Waals surface area contributed by atoms with Gasteiger partial charge in [0.25, 0.3) is 0 Å². The lowest BCUT2D eigenvalue weighted by Gasteiger charge is -2.22. The normalized spacial score (nSPS) is 13.1. The van der Waals surface area contributed by atoms with Crippen LogP contribution in [-0.2, 0) is 32.4 Å². The fraction of sp³-hybridized carbons (Fsp3) is 0.368. The Morgan fingerprint density at radius 1 is 1.24 bits per heavy atom. The molecule has 0 saturated heterocycles. The fourth-order valence-corrected chi connectivity index (χ4v) is 5.73. The third-order valence-electron chi connectivity index (χ3n) is 4.46. The number of anilines is 2. The second-order valence-electron chi connectivity index (χ2n) is 6.58. The molecule has 0 spiro atoms. The monoisotopic (exact) mass is 548 g/mol. The van der Waals surface area contributed by atoms with E-state index in [1.165, 1.54) is 11.3 Å². The third-order valence-corrected chi connectivity index (χ3v) is 7.52. The highest BCUT2D eigenvalue weighted by Gasteiger charge is 2.29. The second-order valence-corrected chi connectivity index (χ2v) is 10.8. The Balaban J connectivity index is 1.84. The van der Waals surface area contributed by atoms with Gasteiger partial charge in [0, 0.05) is 8.45 Å². The van der Waals surface area contributed by atoms with Crippen molar-refractivity contribution < 1.29 is 22.7 Å². The Morgan fingerprint density at radius 3 is 2.55 bits per heavy atom. The number of sulfonamides is 1. The first-order chi connectivity index (χ1) is 13.7. The molecule has 3 rings (SSSR count). The van der Waals surface area contributed by atoms with Crippen LogP contribution >= 0.6 is 33.9 Å². The van der Waals surface area contributed by atoms with Gasteiger partial charge in [0.15, 0.2) is 0 Å². The maximum atomic E-state index is 12.7. The summed E-state index contributed by atoms with van der Waals surface area (Å²) in [5.74, 6) is -0.973. The summed E-state index contributed by atoms with van der Waals surface area (Å²) in [4.78, 5) is 26.2. The van der Waals surface area contributed by atoms with E-state index in [-0.39, 0.29) is 13.2 Å². The first-order valence-corrected chi connectivity index (χ1v) is 12.8. The molecule has 1 aliphatic carbocycles. The van der Waals surface area contributed by atoms with Gasteiger partial charge in [-0.15, -0.1) is 11.3 Å². The zero-order valence-corrected chi connectivity index (χ0v) is 19.8. The lowest BCUT2D eigenvalue weighted by Crippen LogP contribution is -2.37. The van der Waals surface area contributed by atoms with Crippen LogP contribution in [0.15, 0.2) is 24.3 Å². The van der Waals surface area contributed by atoms with Crippen LogP contribution in [0.3, 0.4) is 0 Å². The van der Waals surface area contributed by atoms with Crippen molar-refractivity contribution in [2.45, 2.75) is 26.2 Å². The topological polar surface area (TPSA) is 92.8 Å². The van der Waals surface area contributed by atoms with Gasteiger partial charge in [-0.05, 0) is 78.6 Å². The number of fused-ring (bicyclic) bond motifs is 1. The number of hydrogen-bond donors (Lipinski definition) is 1. The van der Waals surface area contributed by atoms with E-state index in [2.05, 4.69) is 27.9 Å². The van der Waals surface area contributed by atoms with Crippen LogP contribution in [0.5, 0.6) is 0 Å². The van der Waals surface area contributed by atoms with Gasteiger partial charge in [0.05, 0.1) is 24.1 Å². The summed E-state index contributed by atoms with van der Waals surface area (Å²) >= 11 is 3.48. The molecule has 7 nitrogen and oxygen atoms in total. The average Bonchev–Trinajstić information content (AvgIpc) is 3.20. The third kappa shape index (κ3) is 5.10. The van der Waals surface area contributed by atoms with Gasteiger partial charge >= 0.3 is 5.97 Å². The van der Waals surface area contributed by atoms with Gasteiger partial charge in [0.2, 0.25) is 15.9 Å². The molecule has 0 bridgehead atoms. The number of esters is 1. The predicted molar refractivity (Wildman–Crippen MR) is 122 cm³/mol. The molecule has 1 aliphatic rings. The van der Waals surface area contributed by atoms with E-state index < -0.39 is 21.9 Å². The molecule has 1 N–H and O–H groups in total. The molecule has 1 aromatic carbocycles. The van der Waals surface area contributed by atoms with Crippen LogP contribution in [0, 0.1) is 3.57 Å². The minimum absolute atomic E-state index is 0.242. The van der Waals surface area contributed by atoms with Crippen molar-refractivity contribution >= 4 is 66.5 Å². The number of ether oxygens (including phenoxy) is 1. The number of halogens is 1. The standard InChI is InChI=1S/C19H21IN2O5S2/c1-3-27-19(24)17-14-5-4-6-15(14)28-18(17)21-16(23)11-22(29(2,25)26)13-9-7-12(20)8-10-13/h7-10H,3-6,11H2,1-2H3,(H,21,23). The molecular weight excluding hydrogens is 527 g/mol. The molecule has 0 fully saturated rings. The molecule has 1 aromatic heterocycles. The van der Waals surface area contributed by atoms with Crippen molar-refractivity contribution in [1.29, 1.82) is 0 Å². The van der Waals surface area contributed by atoms with Gasteiger partial charge < -0.3 is 10.1 Å². The van der Waals surface area contributed by atoms with E-state index in [1.54, 1.807) is 31.2 Å². The summed E-state index contributed by atoms with van der Waals surface area (Å²) in [5, 5.41) is 3.16. The Morgan fingerprint density at radius 2 is 1.93 bits per heavy atom. The van der Waals surface area contributed by atoms with Crippen LogP contribution in [0.1, 0.15) is 34.1 Å². The molecule has 1 amide bonds. The Kier molecular flexibility index (Phi) is 6.84. The summed E-state index contributed by atoms with van der Waals surface area (Å²) in [7, 11) is -3.67. The number of benzene rings is 1. The molecule has 29 heavy (non-hydrogen) atoms. The van der Waals surface area contributed by atoms with Crippen LogP contribution in [0.25, 0.3) is 0 Å². The SMILES string of the molecule is CCOC(=O)c1c(NC(=O)CN(c2ccc(I)cc2)S(C)(=O)=O)sc2c1CCC2. The Labute approximate surface area is 187 Å². The van der Waals surface area contributed by atoms with E-state index in [0.29, 0.717) is 16.3 Å². The maximum absolute atomic E-state index is 12.7. The average molecular weight is 548 g/mol. The van der Waals surface area contributed by atoms with E-state index in [4.69, 9.17) is 4.74 Å². The predicted octanol–water partition coefficient (Wildman–Crippen LogP) is 3.42. The largest absolute Gasteiger partial charge is 0.462 e. The molecule has 10 heteroatoms. The van der Waals surface area contributed by atoms with E-state index in [9.17, 15) is 18.0 Å². The van der Waals surface area contributed by atoms with Gasteiger partial charge in [-0.2, -0.15) is 0 Å². The summed E-state index contributed by atoms with van der Waals surface area (Å²) in [5.41, 5.74) is 1.74. The maximum Gasteiger partial charge on any atom is 0.341 e. The van der Waals surface area contributed by atoms with Crippen molar-refractivity contribution in [1.82, 2.24) is 0 Å². The van der Waals surface area contributed by atoms with Gasteiger partial charge in [-0.25, -0.2) is 13.2 Å². The van der Waals surface area contributed by atoms with Gasteiger partial charge in [0.1, 0.15) is 11.5 Å². The summed E-state index contributed by atoms with van der Waals surface area (Å²) in [6.07, 6.45) is 3.66. The molecule has 0 aliphatic heterocycles. The van der Waals surface area contributed by atoms with Crippen LogP contribution in [-0.4, -0.2) is 39.7 Å². The first-order valence-electron chi connectivity index (χ1n) is 9.05. The fourth-order valence-electron chi connectivity index (χ4n) is 3.22. The number of rotatable bonds is 7. The zero-order chi connectivity index (χ0) is 21.2. The van der Waals surface area contributed by atoms with Gasteiger partial charge in [-0.3, -0.25) is 9.10 Å². The second kappa shape index (κ2) is 9.00. The minimum Gasteiger partial charge on any atom is -0.462 e. The summed E-state index contributed by atoms with van der Waals surface area (Å²) in [6, 6.07) is 6.85. The lowest BCUT2D eigenvalue weighted by atomic mass is 10.1. The van der Waals surface area contributed by atoms with Crippen molar-refractivity contribution in [2.24, 2.45) is 0 Å². The number of carbonyl (C=O) groups is 2. The van der Waals surface area contributed by atoms with E-state index in [1.807, 2.05) is 0 Å².